The number of benzene rings is 1. The van der Waals surface area contributed by atoms with Gasteiger partial charge in [-0.15, -0.1) is 10.2 Å². The number of fused-ring (bicyclic) bond motifs is 3. The van der Waals surface area contributed by atoms with Crippen molar-refractivity contribution in [2.45, 2.75) is 38.1 Å². The van der Waals surface area contributed by atoms with Crippen LogP contribution in [0.2, 0.25) is 0 Å². The fraction of sp³-hybridized carbons (Fsp3) is 0.444. The molecule has 0 aliphatic rings. The summed E-state index contributed by atoms with van der Waals surface area (Å²) in [6.07, 6.45) is -3.70. The predicted molar refractivity (Wildman–Crippen MR) is 104 cm³/mol. The molecule has 0 unspecified atom stereocenters. The van der Waals surface area contributed by atoms with Crippen molar-refractivity contribution in [2.75, 3.05) is 12.3 Å². The number of hydrogen-bond acceptors (Lipinski definition) is 5. The van der Waals surface area contributed by atoms with Gasteiger partial charge in [-0.1, -0.05) is 37.7 Å². The molecule has 0 fully saturated rings. The van der Waals surface area contributed by atoms with Crippen molar-refractivity contribution >= 4 is 34.3 Å². The third kappa shape index (κ3) is 4.89. The highest BCUT2D eigenvalue weighted by Gasteiger charge is 2.27. The molecule has 0 bridgehead atoms. The minimum Gasteiger partial charge on any atom is -0.346 e. The highest BCUT2D eigenvalue weighted by Crippen LogP contribution is 2.22. The molecule has 1 amide bonds. The molecule has 0 aliphatic heterocycles. The molecule has 3 rings (SSSR count). The molecular formula is C18H20F3N5O2S. The van der Waals surface area contributed by atoms with Gasteiger partial charge in [0.15, 0.2) is 5.16 Å². The van der Waals surface area contributed by atoms with E-state index in [1.807, 2.05) is 19.2 Å². The largest absolute Gasteiger partial charge is 0.405 e. The van der Waals surface area contributed by atoms with Gasteiger partial charge in [-0.2, -0.15) is 13.2 Å². The summed E-state index contributed by atoms with van der Waals surface area (Å²) in [6, 6.07) is 6.97. The zero-order valence-corrected chi connectivity index (χ0v) is 16.7. The van der Waals surface area contributed by atoms with E-state index in [1.54, 1.807) is 33.2 Å². The molecule has 2 aromatic heterocycles. The van der Waals surface area contributed by atoms with Gasteiger partial charge < -0.3 is 5.32 Å². The number of carbonyl (C=O) groups is 1. The van der Waals surface area contributed by atoms with Gasteiger partial charge in [0.05, 0.1) is 16.7 Å². The lowest BCUT2D eigenvalue weighted by Crippen LogP contribution is -2.34. The second-order valence-electron chi connectivity index (χ2n) is 6.96. The van der Waals surface area contributed by atoms with E-state index in [4.69, 9.17) is 0 Å². The average molecular weight is 427 g/mol. The summed E-state index contributed by atoms with van der Waals surface area (Å²) in [6.45, 7) is 3.17. The van der Waals surface area contributed by atoms with Crippen molar-refractivity contribution in [3.63, 3.8) is 0 Å². The summed E-state index contributed by atoms with van der Waals surface area (Å²) in [5.74, 6) is -0.298. The molecule has 0 aliphatic carbocycles. The van der Waals surface area contributed by atoms with Gasteiger partial charge in [0.25, 0.3) is 5.56 Å². The lowest BCUT2D eigenvalue weighted by molar-refractivity contribution is -0.136. The van der Waals surface area contributed by atoms with Crippen molar-refractivity contribution in [2.24, 2.45) is 5.92 Å². The lowest BCUT2D eigenvalue weighted by Gasteiger charge is -2.12. The van der Waals surface area contributed by atoms with Crippen LogP contribution in [-0.2, 0) is 11.3 Å². The number of alkyl halides is 3. The van der Waals surface area contributed by atoms with Crippen LogP contribution in [-0.4, -0.2) is 43.5 Å². The maximum absolute atomic E-state index is 12.9. The highest BCUT2D eigenvalue weighted by molar-refractivity contribution is 7.99. The monoisotopic (exact) mass is 427 g/mol. The number of hydrogen-bond donors (Lipinski definition) is 1. The Labute approximate surface area is 168 Å². The minimum absolute atomic E-state index is 0.180. The van der Waals surface area contributed by atoms with E-state index in [-0.39, 0.29) is 11.3 Å². The van der Waals surface area contributed by atoms with Gasteiger partial charge in [-0.3, -0.25) is 18.6 Å². The molecule has 11 heteroatoms. The molecule has 7 nitrogen and oxygen atoms in total. The number of para-hydroxylation sites is 1. The second-order valence-corrected chi connectivity index (χ2v) is 7.90. The van der Waals surface area contributed by atoms with E-state index in [9.17, 15) is 22.8 Å². The molecule has 0 spiro atoms. The first-order valence-corrected chi connectivity index (χ1v) is 9.99. The predicted octanol–water partition coefficient (Wildman–Crippen LogP) is 2.86. The summed E-state index contributed by atoms with van der Waals surface area (Å²) >= 11 is 0.964. The molecule has 3 aromatic rings. The number of nitrogens with zero attached hydrogens (tertiary/aromatic N) is 4. The zero-order valence-electron chi connectivity index (χ0n) is 15.9. The van der Waals surface area contributed by atoms with Crippen molar-refractivity contribution in [1.82, 2.24) is 24.5 Å². The van der Waals surface area contributed by atoms with Gasteiger partial charge in [-0.05, 0) is 24.5 Å². The van der Waals surface area contributed by atoms with E-state index in [2.05, 4.69) is 10.2 Å². The maximum atomic E-state index is 12.9. The van der Waals surface area contributed by atoms with Gasteiger partial charge >= 0.3 is 6.18 Å². The number of thioether (sulfide) groups is 1. The lowest BCUT2D eigenvalue weighted by atomic mass is 10.1. The second kappa shape index (κ2) is 8.44. The molecule has 1 N–H and O–H groups in total. The van der Waals surface area contributed by atoms with Crippen LogP contribution in [0.4, 0.5) is 13.2 Å². The Morgan fingerprint density at radius 2 is 1.97 bits per heavy atom. The number of halogens is 3. The zero-order chi connectivity index (χ0) is 21.2. The smallest absolute Gasteiger partial charge is 0.346 e. The number of aryl methyl sites for hydroxylation is 1. The van der Waals surface area contributed by atoms with E-state index in [1.165, 1.54) is 0 Å². The Balaban J connectivity index is 1.95. The number of nitrogens with one attached hydrogen (secondary N) is 1. The van der Waals surface area contributed by atoms with E-state index in [0.29, 0.717) is 34.3 Å². The summed E-state index contributed by atoms with van der Waals surface area (Å²) in [5, 5.41) is 10.8. The first-order chi connectivity index (χ1) is 13.7. The van der Waals surface area contributed by atoms with Crippen LogP contribution >= 0.6 is 11.8 Å². The fourth-order valence-corrected chi connectivity index (χ4v) is 3.57. The number of rotatable bonds is 7. The van der Waals surface area contributed by atoms with Crippen molar-refractivity contribution in [3.8, 4) is 0 Å². The fourth-order valence-electron chi connectivity index (χ4n) is 2.80. The van der Waals surface area contributed by atoms with E-state index >= 15 is 0 Å². The third-order valence-electron chi connectivity index (χ3n) is 4.23. The van der Waals surface area contributed by atoms with Crippen molar-refractivity contribution < 1.29 is 18.0 Å². The molecule has 0 saturated carbocycles. The van der Waals surface area contributed by atoms with E-state index < -0.39 is 18.6 Å². The third-order valence-corrected chi connectivity index (χ3v) is 5.16. The minimum atomic E-state index is -4.47. The van der Waals surface area contributed by atoms with Crippen molar-refractivity contribution in [3.05, 3.63) is 34.6 Å². The van der Waals surface area contributed by atoms with Gasteiger partial charge in [-0.25, -0.2) is 0 Å². The molecule has 0 radical (unpaired) electrons. The first-order valence-electron chi connectivity index (χ1n) is 9.00. The molecule has 156 valence electrons. The Morgan fingerprint density at radius 3 is 2.66 bits per heavy atom. The summed E-state index contributed by atoms with van der Waals surface area (Å²) in [7, 11) is 0. The average Bonchev–Trinajstić information content (AvgIpc) is 3.08. The Morgan fingerprint density at radius 1 is 1.24 bits per heavy atom. The van der Waals surface area contributed by atoms with Crippen molar-refractivity contribution in [1.29, 1.82) is 0 Å². The molecule has 2 heterocycles. The summed E-state index contributed by atoms with van der Waals surface area (Å²) in [5.41, 5.74) is 0.400. The van der Waals surface area contributed by atoms with Gasteiger partial charge in [0.1, 0.15) is 6.54 Å². The van der Waals surface area contributed by atoms with Gasteiger partial charge in [0, 0.05) is 6.54 Å². The molecule has 1 aromatic carbocycles. The highest BCUT2D eigenvalue weighted by atomic mass is 32.2. The Bertz CT molecular complexity index is 1090. The Hall–Kier alpha value is -2.56. The van der Waals surface area contributed by atoms with Crippen LogP contribution < -0.4 is 10.9 Å². The SMILES string of the molecule is CC(C)CCn1c(=O)c2ccccc2n2c(SCC(=O)NCC(F)(F)F)nnc12. The van der Waals surface area contributed by atoms with Crippen LogP contribution in [0.25, 0.3) is 16.7 Å². The summed E-state index contributed by atoms with van der Waals surface area (Å²) in [4.78, 5) is 24.7. The normalized spacial score (nSPS) is 12.2. The van der Waals surface area contributed by atoms with Crippen LogP contribution in [0, 0.1) is 5.92 Å². The van der Waals surface area contributed by atoms with Crippen LogP contribution in [0.3, 0.4) is 0 Å². The van der Waals surface area contributed by atoms with E-state index in [0.717, 1.165) is 18.2 Å². The molecular weight excluding hydrogens is 407 g/mol. The Kier molecular flexibility index (Phi) is 6.15. The van der Waals surface area contributed by atoms with Crippen LogP contribution in [0.15, 0.2) is 34.2 Å². The molecule has 0 atom stereocenters. The van der Waals surface area contributed by atoms with Gasteiger partial charge in [0.2, 0.25) is 11.7 Å². The molecule has 0 saturated heterocycles. The quantitative estimate of drug-likeness (QED) is 0.587. The van der Waals surface area contributed by atoms with Crippen LogP contribution in [0.5, 0.6) is 0 Å². The topological polar surface area (TPSA) is 81.3 Å². The first kappa shape index (κ1) is 21.2. The molecule has 29 heavy (non-hydrogen) atoms. The summed E-state index contributed by atoms with van der Waals surface area (Å²) < 4.78 is 39.9. The standard InChI is InChI=1S/C18H20F3N5O2S/c1-11(2)7-8-25-15(28)12-5-3-4-6-13(12)26-16(25)23-24-17(26)29-9-14(27)22-10-18(19,20)21/h3-6,11H,7-10H2,1-2H3,(H,22,27). The maximum Gasteiger partial charge on any atom is 0.405 e. The number of aromatic nitrogens is 4. The van der Waals surface area contributed by atoms with Crippen LogP contribution in [0.1, 0.15) is 20.3 Å². The number of carbonyl (C=O) groups excluding carboxylic acids is 1. The number of amides is 1.